The van der Waals surface area contributed by atoms with Gasteiger partial charge in [-0.1, -0.05) is 18.2 Å². The van der Waals surface area contributed by atoms with E-state index in [1.165, 1.54) is 6.92 Å². The van der Waals surface area contributed by atoms with Gasteiger partial charge in [0, 0.05) is 32.2 Å². The third-order valence-electron chi connectivity index (χ3n) is 5.01. The lowest BCUT2D eigenvalue weighted by atomic mass is 10.1. The van der Waals surface area contributed by atoms with E-state index >= 15 is 0 Å². The number of rotatable bonds is 7. The van der Waals surface area contributed by atoms with Crippen LogP contribution >= 0.6 is 0 Å². The highest BCUT2D eigenvalue weighted by Gasteiger charge is 2.26. The molecule has 0 aliphatic carbocycles. The van der Waals surface area contributed by atoms with Crippen molar-refractivity contribution in [3.63, 3.8) is 0 Å². The van der Waals surface area contributed by atoms with E-state index in [0.29, 0.717) is 24.1 Å². The van der Waals surface area contributed by atoms with E-state index in [1.54, 1.807) is 24.7 Å². The summed E-state index contributed by atoms with van der Waals surface area (Å²) in [5, 5.41) is 2.88. The molecular weight excluding hydrogens is 394 g/mol. The Bertz CT molecular complexity index is 996. The van der Waals surface area contributed by atoms with Gasteiger partial charge >= 0.3 is 0 Å². The molecule has 2 atom stereocenters. The van der Waals surface area contributed by atoms with Gasteiger partial charge in [0.05, 0.1) is 25.0 Å². The first-order valence-electron chi connectivity index (χ1n) is 10.3. The first-order valence-corrected chi connectivity index (χ1v) is 10.3. The van der Waals surface area contributed by atoms with Crippen LogP contribution in [0.3, 0.4) is 0 Å². The number of nitrogens with one attached hydrogen (secondary N) is 1. The smallest absolute Gasteiger partial charge is 0.225 e. The van der Waals surface area contributed by atoms with Gasteiger partial charge in [-0.15, -0.1) is 0 Å². The van der Waals surface area contributed by atoms with Crippen LogP contribution in [0.2, 0.25) is 0 Å². The van der Waals surface area contributed by atoms with Gasteiger partial charge in [-0.05, 0) is 30.7 Å². The summed E-state index contributed by atoms with van der Waals surface area (Å²) in [6, 6.07) is 13.3. The van der Waals surface area contributed by atoms with Crippen molar-refractivity contribution in [1.29, 1.82) is 0 Å². The van der Waals surface area contributed by atoms with Crippen LogP contribution in [0.5, 0.6) is 17.4 Å². The molecule has 1 saturated heterocycles. The van der Waals surface area contributed by atoms with Crippen molar-refractivity contribution < 1.29 is 14.3 Å². The third-order valence-corrected chi connectivity index (χ3v) is 5.01. The maximum absolute atomic E-state index is 11.2. The standard InChI is InChI=1S/C23H25N5O3/c1-16(27-17(2)29)18-6-8-19(9-7-18)30-20-10-12-28(15-20)23-25-13-21(14-26-23)31-22-5-3-4-11-24-22/h3-9,11,13-14,16,20H,10,12,15H2,1-2H3,(H,27,29)/t16-,20+/m0/s1. The summed E-state index contributed by atoms with van der Waals surface area (Å²) in [6.07, 6.45) is 5.93. The van der Waals surface area contributed by atoms with Gasteiger partial charge in [-0.3, -0.25) is 4.79 Å². The van der Waals surface area contributed by atoms with E-state index in [2.05, 4.69) is 25.2 Å². The van der Waals surface area contributed by atoms with Gasteiger partial charge in [-0.2, -0.15) is 0 Å². The number of hydrogen-bond acceptors (Lipinski definition) is 7. The molecule has 0 radical (unpaired) electrons. The average molecular weight is 419 g/mol. The first-order chi connectivity index (χ1) is 15.1. The van der Waals surface area contributed by atoms with E-state index in [0.717, 1.165) is 24.3 Å². The highest BCUT2D eigenvalue weighted by molar-refractivity contribution is 5.73. The van der Waals surface area contributed by atoms with Crippen molar-refractivity contribution in [1.82, 2.24) is 20.3 Å². The molecule has 8 nitrogen and oxygen atoms in total. The normalized spacial score (nSPS) is 16.6. The number of nitrogens with zero attached hydrogens (tertiary/aromatic N) is 4. The van der Waals surface area contributed by atoms with Gasteiger partial charge in [0.25, 0.3) is 0 Å². The van der Waals surface area contributed by atoms with E-state index < -0.39 is 0 Å². The predicted molar refractivity (Wildman–Crippen MR) is 116 cm³/mol. The molecule has 160 valence electrons. The molecule has 3 heterocycles. The Morgan fingerprint density at radius 3 is 2.55 bits per heavy atom. The number of hydrogen-bond donors (Lipinski definition) is 1. The Morgan fingerprint density at radius 1 is 1.10 bits per heavy atom. The van der Waals surface area contributed by atoms with Gasteiger partial charge in [-0.25, -0.2) is 15.0 Å². The molecule has 4 rings (SSSR count). The number of carbonyl (C=O) groups is 1. The lowest BCUT2D eigenvalue weighted by Gasteiger charge is -2.18. The fourth-order valence-corrected chi connectivity index (χ4v) is 3.48. The van der Waals surface area contributed by atoms with Gasteiger partial charge in [0.1, 0.15) is 11.9 Å². The van der Waals surface area contributed by atoms with Crippen molar-refractivity contribution >= 4 is 11.9 Å². The summed E-state index contributed by atoms with van der Waals surface area (Å²) in [6.45, 7) is 5.01. The molecule has 1 amide bonds. The third kappa shape index (κ3) is 5.48. The molecule has 0 unspecified atom stereocenters. The molecule has 0 bridgehead atoms. The average Bonchev–Trinajstić information content (AvgIpc) is 3.23. The SMILES string of the molecule is CC(=O)N[C@@H](C)c1ccc(O[C@@H]2CCN(c3ncc(Oc4ccccn4)cn3)C2)cc1. The van der Waals surface area contributed by atoms with Crippen molar-refractivity contribution in [2.45, 2.75) is 32.4 Å². The minimum Gasteiger partial charge on any atom is -0.489 e. The zero-order valence-corrected chi connectivity index (χ0v) is 17.6. The molecule has 1 aliphatic rings. The minimum absolute atomic E-state index is 0.0321. The largest absolute Gasteiger partial charge is 0.489 e. The highest BCUT2D eigenvalue weighted by Crippen LogP contribution is 2.24. The summed E-state index contributed by atoms with van der Waals surface area (Å²) in [5.74, 6) is 2.47. The topological polar surface area (TPSA) is 89.5 Å². The second kappa shape index (κ2) is 9.42. The monoisotopic (exact) mass is 419 g/mol. The highest BCUT2D eigenvalue weighted by atomic mass is 16.5. The number of carbonyl (C=O) groups excluding carboxylic acids is 1. The van der Waals surface area contributed by atoms with Gasteiger partial charge in [0.15, 0.2) is 5.75 Å². The first kappa shape index (κ1) is 20.6. The fourth-order valence-electron chi connectivity index (χ4n) is 3.48. The summed E-state index contributed by atoms with van der Waals surface area (Å²) < 4.78 is 11.8. The zero-order valence-electron chi connectivity index (χ0n) is 17.6. The van der Waals surface area contributed by atoms with Gasteiger partial charge < -0.3 is 19.7 Å². The van der Waals surface area contributed by atoms with Crippen molar-refractivity contribution in [3.05, 3.63) is 66.6 Å². The predicted octanol–water partition coefficient (Wildman–Crippen LogP) is 3.52. The Morgan fingerprint density at radius 2 is 1.87 bits per heavy atom. The van der Waals surface area contributed by atoms with E-state index in [-0.39, 0.29) is 18.1 Å². The number of aromatic nitrogens is 3. The van der Waals surface area contributed by atoms with Crippen molar-refractivity contribution in [3.8, 4) is 17.4 Å². The summed E-state index contributed by atoms with van der Waals surface area (Å²) in [7, 11) is 0. The molecule has 31 heavy (non-hydrogen) atoms. The Balaban J connectivity index is 1.30. The molecule has 8 heteroatoms. The molecule has 0 spiro atoms. The van der Waals surface area contributed by atoms with Gasteiger partial charge in [0.2, 0.25) is 17.7 Å². The van der Waals surface area contributed by atoms with Crippen molar-refractivity contribution in [2.24, 2.45) is 0 Å². The molecule has 3 aromatic rings. The van der Waals surface area contributed by atoms with Crippen LogP contribution in [0.4, 0.5) is 5.95 Å². The fraction of sp³-hybridized carbons (Fsp3) is 0.304. The molecule has 1 N–H and O–H groups in total. The maximum atomic E-state index is 11.2. The second-order valence-corrected chi connectivity index (χ2v) is 7.45. The molecular formula is C23H25N5O3. The van der Waals surface area contributed by atoms with Crippen LogP contribution in [-0.2, 0) is 4.79 Å². The number of pyridine rings is 1. The van der Waals surface area contributed by atoms with E-state index in [9.17, 15) is 4.79 Å². The lowest BCUT2D eigenvalue weighted by molar-refractivity contribution is -0.119. The number of benzene rings is 1. The molecule has 0 saturated carbocycles. The van der Waals surface area contributed by atoms with E-state index in [1.807, 2.05) is 43.3 Å². The molecule has 1 fully saturated rings. The maximum Gasteiger partial charge on any atom is 0.225 e. The Labute approximate surface area is 181 Å². The number of ether oxygens (including phenoxy) is 2. The van der Waals surface area contributed by atoms with Crippen LogP contribution in [0, 0.1) is 0 Å². The minimum atomic E-state index is -0.0441. The Kier molecular flexibility index (Phi) is 6.26. The second-order valence-electron chi connectivity index (χ2n) is 7.45. The molecule has 1 aliphatic heterocycles. The lowest BCUT2D eigenvalue weighted by Crippen LogP contribution is -2.26. The summed E-state index contributed by atoms with van der Waals surface area (Å²) in [5.41, 5.74) is 1.04. The molecule has 1 aromatic carbocycles. The van der Waals surface area contributed by atoms with Crippen molar-refractivity contribution in [2.75, 3.05) is 18.0 Å². The van der Waals surface area contributed by atoms with Crippen LogP contribution in [-0.4, -0.2) is 40.1 Å². The van der Waals surface area contributed by atoms with E-state index in [4.69, 9.17) is 9.47 Å². The van der Waals surface area contributed by atoms with Crippen LogP contribution in [0.15, 0.2) is 61.1 Å². The van der Waals surface area contributed by atoms with Crippen LogP contribution in [0.1, 0.15) is 31.9 Å². The van der Waals surface area contributed by atoms with Crippen LogP contribution < -0.4 is 19.7 Å². The molecule has 2 aromatic heterocycles. The summed E-state index contributed by atoms with van der Waals surface area (Å²) in [4.78, 5) is 26.3. The zero-order chi connectivity index (χ0) is 21.6. The number of anilines is 1. The van der Waals surface area contributed by atoms with Crippen LogP contribution in [0.25, 0.3) is 0 Å². The summed E-state index contributed by atoms with van der Waals surface area (Å²) >= 11 is 0. The number of amides is 1. The quantitative estimate of drug-likeness (QED) is 0.627. The Hall–Kier alpha value is -3.68.